The number of imide groups is 1. The maximum absolute atomic E-state index is 12.5. The number of hydrogen-bond donors (Lipinski definition) is 1. The molecule has 144 valence electrons. The number of halogens is 1. The van der Waals surface area contributed by atoms with Crippen LogP contribution < -0.4 is 5.32 Å². The lowest BCUT2D eigenvalue weighted by Gasteiger charge is -2.13. The first-order valence-corrected chi connectivity index (χ1v) is 9.95. The molecule has 0 aliphatic carbocycles. The van der Waals surface area contributed by atoms with Crippen molar-refractivity contribution in [3.8, 4) is 0 Å². The van der Waals surface area contributed by atoms with Gasteiger partial charge >= 0.3 is 0 Å². The van der Waals surface area contributed by atoms with E-state index in [0.29, 0.717) is 9.93 Å². The van der Waals surface area contributed by atoms with Gasteiger partial charge in [0.2, 0.25) is 5.91 Å². The van der Waals surface area contributed by atoms with E-state index in [1.165, 1.54) is 0 Å². The highest BCUT2D eigenvalue weighted by Crippen LogP contribution is 2.31. The van der Waals surface area contributed by atoms with Gasteiger partial charge in [0.05, 0.1) is 11.3 Å². The zero-order chi connectivity index (χ0) is 20.1. The summed E-state index contributed by atoms with van der Waals surface area (Å²) in [4.78, 5) is 38.2. The summed E-state index contributed by atoms with van der Waals surface area (Å²) < 4.78 is 0. The summed E-state index contributed by atoms with van der Waals surface area (Å²) in [6, 6.07) is 14.7. The number of amides is 3. The van der Waals surface area contributed by atoms with Crippen LogP contribution in [-0.2, 0) is 16.0 Å². The summed E-state index contributed by atoms with van der Waals surface area (Å²) in [5.74, 6) is -0.507. The molecule has 7 heteroatoms. The van der Waals surface area contributed by atoms with Crippen molar-refractivity contribution in [2.75, 3.05) is 13.1 Å². The molecule has 0 unspecified atom stereocenters. The lowest BCUT2D eigenvalue weighted by molar-refractivity contribution is -0.124. The number of thioether (sulfide) groups is 1. The number of rotatable bonds is 6. The van der Waals surface area contributed by atoms with Gasteiger partial charge in [0.25, 0.3) is 11.1 Å². The van der Waals surface area contributed by atoms with E-state index in [1.54, 1.807) is 30.3 Å². The van der Waals surface area contributed by atoms with Gasteiger partial charge in [-0.2, -0.15) is 0 Å². The van der Waals surface area contributed by atoms with E-state index in [9.17, 15) is 14.4 Å². The Hall–Kier alpha value is -2.57. The van der Waals surface area contributed by atoms with Crippen LogP contribution in [0.2, 0.25) is 5.02 Å². The van der Waals surface area contributed by atoms with Crippen LogP contribution in [0.3, 0.4) is 0 Å². The minimum absolute atomic E-state index is 0.141. The Morgan fingerprint density at radius 3 is 2.46 bits per heavy atom. The number of hydrogen-bond acceptors (Lipinski definition) is 4. The molecule has 28 heavy (non-hydrogen) atoms. The van der Waals surface area contributed by atoms with Crippen LogP contribution in [0, 0.1) is 6.92 Å². The van der Waals surface area contributed by atoms with Gasteiger partial charge in [0, 0.05) is 18.1 Å². The van der Waals surface area contributed by atoms with Crippen molar-refractivity contribution < 1.29 is 14.4 Å². The van der Waals surface area contributed by atoms with E-state index >= 15 is 0 Å². The van der Waals surface area contributed by atoms with Crippen molar-refractivity contribution in [2.24, 2.45) is 0 Å². The molecule has 1 heterocycles. The van der Waals surface area contributed by atoms with E-state index in [4.69, 9.17) is 11.6 Å². The number of aryl methyl sites for hydroxylation is 1. The van der Waals surface area contributed by atoms with E-state index < -0.39 is 0 Å². The first-order chi connectivity index (χ1) is 13.4. The summed E-state index contributed by atoms with van der Waals surface area (Å²) in [6.07, 6.45) is 1.93. The number of carbonyl (C=O) groups is 3. The quantitative estimate of drug-likeness (QED) is 0.724. The normalized spacial score (nSPS) is 15.4. The van der Waals surface area contributed by atoms with Crippen molar-refractivity contribution in [1.82, 2.24) is 10.2 Å². The third-order valence-electron chi connectivity index (χ3n) is 4.18. The first kappa shape index (κ1) is 20.2. The molecule has 2 aromatic rings. The number of benzene rings is 2. The van der Waals surface area contributed by atoms with Crippen LogP contribution in [0.15, 0.2) is 53.4 Å². The fourth-order valence-electron chi connectivity index (χ4n) is 2.66. The smallest absolute Gasteiger partial charge is 0.293 e. The minimum Gasteiger partial charge on any atom is -0.354 e. The molecule has 1 fully saturated rings. The van der Waals surface area contributed by atoms with Gasteiger partial charge in [-0.1, -0.05) is 53.6 Å². The topological polar surface area (TPSA) is 66.5 Å². The van der Waals surface area contributed by atoms with Gasteiger partial charge in [-0.3, -0.25) is 19.3 Å². The molecule has 0 atom stereocenters. The fourth-order valence-corrected chi connectivity index (χ4v) is 3.66. The molecule has 0 aromatic heterocycles. The maximum Gasteiger partial charge on any atom is 0.293 e. The second-order valence-electron chi connectivity index (χ2n) is 6.40. The Balaban J connectivity index is 1.52. The third-order valence-corrected chi connectivity index (χ3v) is 5.34. The van der Waals surface area contributed by atoms with E-state index in [-0.39, 0.29) is 36.6 Å². The molecule has 0 saturated carbocycles. The SMILES string of the molecule is Cc1ccc(/C=C2\SC(=O)N(CCNC(=O)Cc3ccc(Cl)cc3)C2=O)cc1. The van der Waals surface area contributed by atoms with Crippen LogP contribution in [0.5, 0.6) is 0 Å². The van der Waals surface area contributed by atoms with Gasteiger partial charge in [-0.25, -0.2) is 0 Å². The highest BCUT2D eigenvalue weighted by atomic mass is 35.5. The molecule has 3 amide bonds. The van der Waals surface area contributed by atoms with Gasteiger partial charge < -0.3 is 5.32 Å². The highest BCUT2D eigenvalue weighted by Gasteiger charge is 2.34. The summed E-state index contributed by atoms with van der Waals surface area (Å²) in [6.45, 7) is 2.34. The zero-order valence-corrected chi connectivity index (χ0v) is 16.8. The highest BCUT2D eigenvalue weighted by molar-refractivity contribution is 8.18. The zero-order valence-electron chi connectivity index (χ0n) is 15.3. The average molecular weight is 415 g/mol. The molecule has 1 aliphatic heterocycles. The molecule has 0 radical (unpaired) electrons. The van der Waals surface area contributed by atoms with Crippen molar-refractivity contribution >= 4 is 46.5 Å². The largest absolute Gasteiger partial charge is 0.354 e. The van der Waals surface area contributed by atoms with Gasteiger partial charge in [-0.05, 0) is 48.0 Å². The van der Waals surface area contributed by atoms with Gasteiger partial charge in [0.1, 0.15) is 0 Å². The molecule has 5 nitrogen and oxygen atoms in total. The predicted octanol–water partition coefficient (Wildman–Crippen LogP) is 4.04. The summed E-state index contributed by atoms with van der Waals surface area (Å²) in [7, 11) is 0. The molecule has 3 rings (SSSR count). The van der Waals surface area contributed by atoms with Crippen molar-refractivity contribution in [3.05, 3.63) is 75.1 Å². The molecule has 0 spiro atoms. The molecular weight excluding hydrogens is 396 g/mol. The van der Waals surface area contributed by atoms with Crippen molar-refractivity contribution in [3.63, 3.8) is 0 Å². The van der Waals surface area contributed by atoms with E-state index in [1.807, 2.05) is 31.2 Å². The lowest BCUT2D eigenvalue weighted by Crippen LogP contribution is -2.37. The standard InChI is InChI=1S/C21H19ClN2O3S/c1-14-2-4-15(5-3-14)12-18-20(26)24(21(27)28-18)11-10-23-19(25)13-16-6-8-17(22)9-7-16/h2-9,12H,10-11,13H2,1H3,(H,23,25)/b18-12-. The monoisotopic (exact) mass is 414 g/mol. The third kappa shape index (κ3) is 5.24. The number of nitrogens with one attached hydrogen (secondary N) is 1. The molecular formula is C21H19ClN2O3S. The maximum atomic E-state index is 12.5. The van der Waals surface area contributed by atoms with Crippen LogP contribution in [0.25, 0.3) is 6.08 Å². The fraction of sp³-hybridized carbons (Fsp3) is 0.190. The van der Waals surface area contributed by atoms with Crippen LogP contribution in [0.4, 0.5) is 4.79 Å². The Kier molecular flexibility index (Phi) is 6.54. The van der Waals surface area contributed by atoms with Crippen molar-refractivity contribution in [1.29, 1.82) is 0 Å². The van der Waals surface area contributed by atoms with Gasteiger partial charge in [0.15, 0.2) is 0 Å². The van der Waals surface area contributed by atoms with Crippen LogP contribution in [-0.4, -0.2) is 35.0 Å². The van der Waals surface area contributed by atoms with Gasteiger partial charge in [-0.15, -0.1) is 0 Å². The van der Waals surface area contributed by atoms with E-state index in [0.717, 1.165) is 33.4 Å². The Morgan fingerprint density at radius 2 is 1.79 bits per heavy atom. The second-order valence-corrected chi connectivity index (χ2v) is 7.83. The second kappa shape index (κ2) is 9.08. The summed E-state index contributed by atoms with van der Waals surface area (Å²) in [5.41, 5.74) is 2.83. The summed E-state index contributed by atoms with van der Waals surface area (Å²) >= 11 is 6.74. The van der Waals surface area contributed by atoms with Crippen LogP contribution >= 0.6 is 23.4 Å². The lowest BCUT2D eigenvalue weighted by atomic mass is 10.1. The number of nitrogens with zero attached hydrogens (tertiary/aromatic N) is 1. The molecule has 1 N–H and O–H groups in total. The Bertz CT molecular complexity index is 924. The minimum atomic E-state index is -0.331. The molecule has 2 aromatic carbocycles. The van der Waals surface area contributed by atoms with Crippen molar-refractivity contribution in [2.45, 2.75) is 13.3 Å². The number of carbonyl (C=O) groups excluding carboxylic acids is 3. The average Bonchev–Trinajstić information content (AvgIpc) is 2.93. The predicted molar refractivity (Wildman–Crippen MR) is 112 cm³/mol. The first-order valence-electron chi connectivity index (χ1n) is 8.75. The Labute approximate surface area is 172 Å². The van der Waals surface area contributed by atoms with E-state index in [2.05, 4.69) is 5.32 Å². The van der Waals surface area contributed by atoms with Crippen LogP contribution in [0.1, 0.15) is 16.7 Å². The molecule has 0 bridgehead atoms. The summed E-state index contributed by atoms with van der Waals surface area (Å²) in [5, 5.41) is 3.03. The molecule has 1 aliphatic rings. The Morgan fingerprint density at radius 1 is 1.11 bits per heavy atom. The molecule has 1 saturated heterocycles.